The Balaban J connectivity index is 1.67. The summed E-state index contributed by atoms with van der Waals surface area (Å²) in [5.41, 5.74) is -0.0781. The molecule has 130 valence electrons. The fourth-order valence-corrected chi connectivity index (χ4v) is 2.76. The molecule has 2 amide bonds. The highest BCUT2D eigenvalue weighted by Crippen LogP contribution is 2.26. The summed E-state index contributed by atoms with van der Waals surface area (Å²) in [5.74, 6) is 1.60. The van der Waals surface area contributed by atoms with Crippen LogP contribution in [0.3, 0.4) is 0 Å². The van der Waals surface area contributed by atoms with Gasteiger partial charge in [0, 0.05) is 32.2 Å². The molecule has 1 aliphatic heterocycles. The molecule has 2 N–H and O–H groups in total. The second-order valence-electron chi connectivity index (χ2n) is 7.10. The lowest BCUT2D eigenvalue weighted by Crippen LogP contribution is -2.44. The van der Waals surface area contributed by atoms with E-state index in [0.29, 0.717) is 31.3 Å². The van der Waals surface area contributed by atoms with Gasteiger partial charge in [0.25, 0.3) is 0 Å². The summed E-state index contributed by atoms with van der Waals surface area (Å²) in [6.07, 6.45) is 3.47. The molecule has 1 aromatic rings. The predicted octanol–water partition coefficient (Wildman–Crippen LogP) is 2.07. The lowest BCUT2D eigenvalue weighted by Gasteiger charge is -2.30. The fraction of sp³-hybridized carbons (Fsp3) is 0.812. The minimum atomic E-state index is -0.0781. The number of nitrogens with one attached hydrogen (secondary N) is 1. The van der Waals surface area contributed by atoms with Crippen molar-refractivity contribution >= 4 is 6.03 Å². The first kappa shape index (κ1) is 17.7. The van der Waals surface area contributed by atoms with Crippen molar-refractivity contribution in [2.24, 2.45) is 5.41 Å². The maximum Gasteiger partial charge on any atom is 0.317 e. The van der Waals surface area contributed by atoms with Crippen LogP contribution in [0.2, 0.25) is 0 Å². The smallest absolute Gasteiger partial charge is 0.317 e. The third kappa shape index (κ3) is 5.20. The first-order valence-electron chi connectivity index (χ1n) is 8.35. The van der Waals surface area contributed by atoms with Gasteiger partial charge in [0.15, 0.2) is 5.82 Å². The number of aryl methyl sites for hydroxylation is 1. The Morgan fingerprint density at radius 1 is 1.43 bits per heavy atom. The number of amides is 2. The molecule has 1 fully saturated rings. The highest BCUT2D eigenvalue weighted by Gasteiger charge is 2.27. The molecule has 0 radical (unpaired) electrons. The quantitative estimate of drug-likeness (QED) is 0.782. The number of piperidine rings is 1. The van der Waals surface area contributed by atoms with E-state index in [1.807, 2.05) is 25.7 Å². The second kappa shape index (κ2) is 7.77. The van der Waals surface area contributed by atoms with Gasteiger partial charge in [-0.15, -0.1) is 0 Å². The molecule has 2 heterocycles. The average Bonchev–Trinajstić information content (AvgIpc) is 2.98. The molecule has 0 unspecified atom stereocenters. The topological polar surface area (TPSA) is 91.5 Å². The van der Waals surface area contributed by atoms with Crippen molar-refractivity contribution in [1.29, 1.82) is 0 Å². The van der Waals surface area contributed by atoms with Crippen molar-refractivity contribution in [3.8, 4) is 0 Å². The Morgan fingerprint density at radius 3 is 2.70 bits per heavy atom. The summed E-state index contributed by atoms with van der Waals surface area (Å²) in [4.78, 5) is 18.3. The number of nitrogens with zero attached hydrogens (tertiary/aromatic N) is 3. The molecule has 23 heavy (non-hydrogen) atoms. The van der Waals surface area contributed by atoms with Crippen LogP contribution in [0.25, 0.3) is 0 Å². The molecule has 1 saturated heterocycles. The number of aliphatic hydroxyl groups is 1. The Morgan fingerprint density at radius 2 is 2.13 bits per heavy atom. The number of carbonyl (C=O) groups excluding carboxylic acids is 1. The molecule has 1 aromatic heterocycles. The minimum absolute atomic E-state index is 0.00744. The molecule has 1 aliphatic rings. The molecule has 0 atom stereocenters. The SMILES string of the molecule is Cc1noc(C2CCN(C(=O)NCCCC(C)(C)CO)CC2)n1. The monoisotopic (exact) mass is 324 g/mol. The van der Waals surface area contributed by atoms with Crippen LogP contribution in [0, 0.1) is 12.3 Å². The number of aromatic nitrogens is 2. The fourth-order valence-electron chi connectivity index (χ4n) is 2.76. The largest absolute Gasteiger partial charge is 0.396 e. The highest BCUT2D eigenvalue weighted by atomic mass is 16.5. The van der Waals surface area contributed by atoms with Crippen LogP contribution in [-0.4, -0.2) is 52.4 Å². The van der Waals surface area contributed by atoms with Gasteiger partial charge in [-0.2, -0.15) is 4.98 Å². The predicted molar refractivity (Wildman–Crippen MR) is 86.1 cm³/mol. The van der Waals surface area contributed by atoms with Gasteiger partial charge in [-0.3, -0.25) is 0 Å². The van der Waals surface area contributed by atoms with Crippen LogP contribution in [0.15, 0.2) is 4.52 Å². The normalized spacial score (nSPS) is 16.6. The lowest BCUT2D eigenvalue weighted by atomic mass is 9.89. The average molecular weight is 324 g/mol. The molecule has 0 aromatic carbocycles. The van der Waals surface area contributed by atoms with Crippen molar-refractivity contribution < 1.29 is 14.4 Å². The third-order valence-electron chi connectivity index (χ3n) is 4.41. The van der Waals surface area contributed by atoms with E-state index in [1.165, 1.54) is 0 Å². The van der Waals surface area contributed by atoms with Crippen LogP contribution < -0.4 is 5.32 Å². The minimum Gasteiger partial charge on any atom is -0.396 e. The van der Waals surface area contributed by atoms with E-state index < -0.39 is 0 Å². The van der Waals surface area contributed by atoms with Gasteiger partial charge in [-0.05, 0) is 38.0 Å². The molecule has 7 heteroatoms. The maximum absolute atomic E-state index is 12.2. The van der Waals surface area contributed by atoms with Crippen molar-refractivity contribution in [2.45, 2.75) is 52.4 Å². The molecule has 0 spiro atoms. The molecule has 0 aliphatic carbocycles. The number of urea groups is 1. The summed E-state index contributed by atoms with van der Waals surface area (Å²) in [7, 11) is 0. The van der Waals surface area contributed by atoms with Gasteiger partial charge in [0.05, 0.1) is 0 Å². The summed E-state index contributed by atoms with van der Waals surface area (Å²) >= 11 is 0. The van der Waals surface area contributed by atoms with Crippen LogP contribution in [0.1, 0.15) is 57.2 Å². The summed E-state index contributed by atoms with van der Waals surface area (Å²) in [6.45, 7) is 8.10. The van der Waals surface area contributed by atoms with E-state index in [-0.39, 0.29) is 24.0 Å². The Bertz CT molecular complexity index is 507. The van der Waals surface area contributed by atoms with Gasteiger partial charge in [-0.25, -0.2) is 4.79 Å². The number of aliphatic hydroxyl groups excluding tert-OH is 1. The van der Waals surface area contributed by atoms with E-state index in [1.54, 1.807) is 0 Å². The zero-order valence-corrected chi connectivity index (χ0v) is 14.3. The summed E-state index contributed by atoms with van der Waals surface area (Å²) in [6, 6.07) is -0.00744. The van der Waals surface area contributed by atoms with E-state index in [4.69, 9.17) is 4.52 Å². The van der Waals surface area contributed by atoms with Crippen molar-refractivity contribution in [3.63, 3.8) is 0 Å². The number of carbonyl (C=O) groups is 1. The zero-order chi connectivity index (χ0) is 16.9. The number of hydrogen-bond donors (Lipinski definition) is 2. The molecule has 2 rings (SSSR count). The molecular weight excluding hydrogens is 296 g/mol. The summed E-state index contributed by atoms with van der Waals surface area (Å²) < 4.78 is 5.22. The Hall–Kier alpha value is -1.63. The van der Waals surface area contributed by atoms with Crippen LogP contribution in [0.5, 0.6) is 0 Å². The van der Waals surface area contributed by atoms with Crippen molar-refractivity contribution in [3.05, 3.63) is 11.7 Å². The molecular formula is C16H28N4O3. The van der Waals surface area contributed by atoms with Gasteiger partial charge >= 0.3 is 6.03 Å². The first-order valence-corrected chi connectivity index (χ1v) is 8.35. The van der Waals surface area contributed by atoms with E-state index in [9.17, 15) is 9.90 Å². The van der Waals surface area contributed by atoms with Crippen molar-refractivity contribution in [1.82, 2.24) is 20.4 Å². The number of likely N-dealkylation sites (tertiary alicyclic amines) is 1. The second-order valence-corrected chi connectivity index (χ2v) is 7.10. The van der Waals surface area contributed by atoms with Gasteiger partial charge in [-0.1, -0.05) is 19.0 Å². The van der Waals surface area contributed by atoms with Crippen LogP contribution in [0.4, 0.5) is 4.79 Å². The van der Waals surface area contributed by atoms with Crippen LogP contribution >= 0.6 is 0 Å². The van der Waals surface area contributed by atoms with E-state index in [0.717, 1.165) is 25.7 Å². The molecule has 7 nitrogen and oxygen atoms in total. The Kier molecular flexibility index (Phi) is 5.98. The highest BCUT2D eigenvalue weighted by molar-refractivity contribution is 5.74. The molecule has 0 saturated carbocycles. The number of hydrogen-bond acceptors (Lipinski definition) is 5. The zero-order valence-electron chi connectivity index (χ0n) is 14.3. The number of rotatable bonds is 6. The Labute approximate surface area is 137 Å². The molecule has 0 bridgehead atoms. The first-order chi connectivity index (χ1) is 10.9. The summed E-state index contributed by atoms with van der Waals surface area (Å²) in [5, 5.41) is 16.0. The maximum atomic E-state index is 12.2. The standard InChI is InChI=1S/C16H28N4O3/c1-12-18-14(23-19-12)13-5-9-20(10-6-13)15(22)17-8-4-7-16(2,3)11-21/h13,21H,4-11H2,1-3H3,(H,17,22). The van der Waals surface area contributed by atoms with Gasteiger partial charge < -0.3 is 19.8 Å². The van der Waals surface area contributed by atoms with Gasteiger partial charge in [0.1, 0.15) is 0 Å². The van der Waals surface area contributed by atoms with Crippen molar-refractivity contribution in [2.75, 3.05) is 26.2 Å². The lowest BCUT2D eigenvalue weighted by molar-refractivity contribution is 0.146. The van der Waals surface area contributed by atoms with E-state index >= 15 is 0 Å². The van der Waals surface area contributed by atoms with Crippen LogP contribution in [-0.2, 0) is 0 Å². The van der Waals surface area contributed by atoms with E-state index in [2.05, 4.69) is 15.5 Å². The van der Waals surface area contributed by atoms with Gasteiger partial charge in [0.2, 0.25) is 5.89 Å². The third-order valence-corrected chi connectivity index (χ3v) is 4.41.